The van der Waals surface area contributed by atoms with Crippen LogP contribution >= 0.6 is 0 Å². The van der Waals surface area contributed by atoms with Crippen LogP contribution in [0, 0.1) is 0 Å². The summed E-state index contributed by atoms with van der Waals surface area (Å²) in [4.78, 5) is 23.0. The fourth-order valence-corrected chi connectivity index (χ4v) is 2.53. The summed E-state index contributed by atoms with van der Waals surface area (Å²) in [6.45, 7) is 7.17. The van der Waals surface area contributed by atoms with E-state index in [0.717, 1.165) is 58.2 Å². The molecule has 0 unspecified atom stereocenters. The molecule has 0 spiro atoms. The maximum atomic E-state index is 11.7. The highest BCUT2D eigenvalue weighted by molar-refractivity contribution is 5.78. The first-order chi connectivity index (χ1) is 11.2. The minimum Gasteiger partial charge on any atom is -0.356 e. The first-order valence-electron chi connectivity index (χ1n) is 9.69. The fourth-order valence-electron chi connectivity index (χ4n) is 2.53. The Balaban J connectivity index is 3.23. The van der Waals surface area contributed by atoms with Crippen LogP contribution in [0.15, 0.2) is 0 Å². The molecule has 0 saturated carbocycles. The molecule has 136 valence electrons. The summed E-state index contributed by atoms with van der Waals surface area (Å²) >= 11 is 0. The Kier molecular flexibility index (Phi) is 16.8. The van der Waals surface area contributed by atoms with Gasteiger partial charge in [0.1, 0.15) is 5.78 Å². The Hall–Kier alpha value is -0.900. The van der Waals surface area contributed by atoms with Gasteiger partial charge in [0.25, 0.3) is 0 Å². The maximum Gasteiger partial charge on any atom is 0.219 e. The van der Waals surface area contributed by atoms with Crippen LogP contribution in [0.25, 0.3) is 0 Å². The highest BCUT2D eigenvalue weighted by Gasteiger charge is 2.02. The van der Waals surface area contributed by atoms with Gasteiger partial charge in [-0.15, -0.1) is 0 Å². The van der Waals surface area contributed by atoms with E-state index in [-0.39, 0.29) is 5.91 Å². The molecule has 0 bridgehead atoms. The van der Waals surface area contributed by atoms with Gasteiger partial charge >= 0.3 is 0 Å². The molecule has 0 rings (SSSR count). The summed E-state index contributed by atoms with van der Waals surface area (Å²) in [5, 5.41) is 6.37. The van der Waals surface area contributed by atoms with Crippen LogP contribution in [0.2, 0.25) is 0 Å². The van der Waals surface area contributed by atoms with Crippen LogP contribution in [0.1, 0.15) is 90.9 Å². The largest absolute Gasteiger partial charge is 0.356 e. The molecule has 0 fully saturated rings. The molecule has 0 aromatic carbocycles. The molecule has 1 amide bonds. The highest BCUT2D eigenvalue weighted by atomic mass is 16.1. The van der Waals surface area contributed by atoms with E-state index in [4.69, 9.17) is 0 Å². The molecular weight excluding hydrogens is 288 g/mol. The number of carbonyl (C=O) groups excluding carboxylic acids is 2. The minimum atomic E-state index is 0.177. The van der Waals surface area contributed by atoms with Gasteiger partial charge in [0.15, 0.2) is 0 Å². The molecule has 0 aliphatic carbocycles. The summed E-state index contributed by atoms with van der Waals surface area (Å²) in [7, 11) is 0. The van der Waals surface area contributed by atoms with Crippen molar-refractivity contribution in [3.63, 3.8) is 0 Å². The first-order valence-corrected chi connectivity index (χ1v) is 9.69. The average molecular weight is 327 g/mol. The van der Waals surface area contributed by atoms with Crippen molar-refractivity contribution in [3.05, 3.63) is 0 Å². The van der Waals surface area contributed by atoms with E-state index >= 15 is 0 Å². The van der Waals surface area contributed by atoms with Crippen molar-refractivity contribution in [1.82, 2.24) is 10.6 Å². The number of unbranched alkanes of at least 4 members (excludes halogenated alkanes) is 5. The van der Waals surface area contributed by atoms with E-state index in [1.165, 1.54) is 19.3 Å². The number of amides is 1. The number of ketones is 1. The van der Waals surface area contributed by atoms with Crippen molar-refractivity contribution < 1.29 is 9.59 Å². The lowest BCUT2D eigenvalue weighted by molar-refractivity contribution is -0.121. The molecule has 23 heavy (non-hydrogen) atoms. The highest BCUT2D eigenvalue weighted by Crippen LogP contribution is 2.04. The summed E-state index contributed by atoms with van der Waals surface area (Å²) in [6, 6.07) is 0. The van der Waals surface area contributed by atoms with E-state index in [2.05, 4.69) is 17.6 Å². The van der Waals surface area contributed by atoms with E-state index < -0.39 is 0 Å². The van der Waals surface area contributed by atoms with Crippen molar-refractivity contribution in [2.45, 2.75) is 90.9 Å². The topological polar surface area (TPSA) is 58.2 Å². The average Bonchev–Trinajstić information content (AvgIpc) is 2.53. The number of Topliss-reactive ketones (excluding diaryl/α,β-unsaturated/α-hetero) is 1. The van der Waals surface area contributed by atoms with Crippen molar-refractivity contribution in [2.75, 3.05) is 19.6 Å². The van der Waals surface area contributed by atoms with Crippen molar-refractivity contribution in [1.29, 1.82) is 0 Å². The molecule has 4 nitrogen and oxygen atoms in total. The molecule has 4 heteroatoms. The van der Waals surface area contributed by atoms with E-state index in [9.17, 15) is 9.59 Å². The van der Waals surface area contributed by atoms with E-state index in [1.54, 1.807) is 0 Å². The standard InChI is InChI=1S/C19H38N2O2/c1-3-12-18(22)13-8-7-11-17-21-19(23)14-9-5-6-10-16-20-15-4-2/h20H,3-17H2,1-2H3,(H,21,23). The second kappa shape index (κ2) is 17.5. The Morgan fingerprint density at radius 1 is 0.652 bits per heavy atom. The third-order valence-electron chi connectivity index (χ3n) is 3.92. The monoisotopic (exact) mass is 326 g/mol. The molecule has 0 heterocycles. The van der Waals surface area contributed by atoms with Crippen molar-refractivity contribution in [3.8, 4) is 0 Å². The quantitative estimate of drug-likeness (QED) is 0.397. The Bertz CT molecular complexity index is 293. The van der Waals surface area contributed by atoms with Gasteiger partial charge in [-0.1, -0.05) is 33.1 Å². The van der Waals surface area contributed by atoms with Gasteiger partial charge in [-0.2, -0.15) is 0 Å². The molecular formula is C19H38N2O2. The molecule has 0 aliphatic rings. The number of hydrogen-bond acceptors (Lipinski definition) is 3. The summed E-state index contributed by atoms with van der Waals surface area (Å²) in [5.41, 5.74) is 0. The lowest BCUT2D eigenvalue weighted by Crippen LogP contribution is -2.24. The third-order valence-corrected chi connectivity index (χ3v) is 3.92. The van der Waals surface area contributed by atoms with Crippen molar-refractivity contribution >= 4 is 11.7 Å². The SMILES string of the molecule is CCCNCCCCCCC(=O)NCCCCCC(=O)CCC. The fraction of sp³-hybridized carbons (Fsp3) is 0.895. The van der Waals surface area contributed by atoms with Crippen LogP contribution in [0.4, 0.5) is 0 Å². The van der Waals surface area contributed by atoms with Gasteiger partial charge in [0, 0.05) is 25.8 Å². The molecule has 0 atom stereocenters. The molecule has 0 aliphatic heterocycles. The second-order valence-corrected chi connectivity index (χ2v) is 6.36. The lowest BCUT2D eigenvalue weighted by Gasteiger charge is -2.06. The molecule has 0 saturated heterocycles. The summed E-state index contributed by atoms with van der Waals surface area (Å²) in [6.07, 6.45) is 11.7. The Morgan fingerprint density at radius 2 is 1.30 bits per heavy atom. The van der Waals surface area contributed by atoms with Gasteiger partial charge in [-0.05, 0) is 51.6 Å². The van der Waals surface area contributed by atoms with Gasteiger partial charge in [-0.25, -0.2) is 0 Å². The number of rotatable bonds is 17. The molecule has 0 radical (unpaired) electrons. The predicted molar refractivity (Wildman–Crippen MR) is 97.6 cm³/mol. The zero-order valence-corrected chi connectivity index (χ0v) is 15.4. The third kappa shape index (κ3) is 17.3. The first kappa shape index (κ1) is 22.1. The summed E-state index contributed by atoms with van der Waals surface area (Å²) < 4.78 is 0. The zero-order chi connectivity index (χ0) is 17.2. The van der Waals surface area contributed by atoms with Crippen LogP contribution in [0.5, 0.6) is 0 Å². The number of carbonyl (C=O) groups is 2. The summed E-state index contributed by atoms with van der Waals surface area (Å²) in [5.74, 6) is 0.553. The molecule has 0 aromatic heterocycles. The smallest absolute Gasteiger partial charge is 0.219 e. The van der Waals surface area contributed by atoms with Crippen LogP contribution < -0.4 is 10.6 Å². The maximum absolute atomic E-state index is 11.7. The molecule has 2 N–H and O–H groups in total. The van der Waals surface area contributed by atoms with Gasteiger partial charge in [-0.3, -0.25) is 9.59 Å². The second-order valence-electron chi connectivity index (χ2n) is 6.36. The normalized spacial score (nSPS) is 10.7. The van der Waals surface area contributed by atoms with E-state index in [0.29, 0.717) is 25.0 Å². The van der Waals surface area contributed by atoms with E-state index in [1.807, 2.05) is 6.92 Å². The Morgan fingerprint density at radius 3 is 2.04 bits per heavy atom. The van der Waals surface area contributed by atoms with Crippen LogP contribution in [-0.4, -0.2) is 31.3 Å². The van der Waals surface area contributed by atoms with Gasteiger partial charge in [0.2, 0.25) is 5.91 Å². The lowest BCUT2D eigenvalue weighted by atomic mass is 10.1. The van der Waals surface area contributed by atoms with Crippen LogP contribution in [-0.2, 0) is 9.59 Å². The Labute approximate surface area is 143 Å². The van der Waals surface area contributed by atoms with Gasteiger partial charge in [0.05, 0.1) is 0 Å². The van der Waals surface area contributed by atoms with Gasteiger partial charge < -0.3 is 10.6 Å². The van der Waals surface area contributed by atoms with Crippen LogP contribution in [0.3, 0.4) is 0 Å². The minimum absolute atomic E-state index is 0.177. The molecule has 0 aromatic rings. The van der Waals surface area contributed by atoms with Crippen molar-refractivity contribution in [2.24, 2.45) is 0 Å². The number of nitrogens with one attached hydrogen (secondary N) is 2. The number of hydrogen-bond donors (Lipinski definition) is 2. The predicted octanol–water partition coefficient (Wildman–Crippen LogP) is 3.98. The zero-order valence-electron chi connectivity index (χ0n) is 15.4.